The molecular formula is C9H8Br2O2. The molecule has 0 amide bonds. The molecule has 0 aromatic heterocycles. The van der Waals surface area contributed by atoms with Gasteiger partial charge in [0.25, 0.3) is 0 Å². The van der Waals surface area contributed by atoms with Crippen LogP contribution in [-0.4, -0.2) is 18.2 Å². The van der Waals surface area contributed by atoms with Crippen molar-refractivity contribution in [2.24, 2.45) is 0 Å². The van der Waals surface area contributed by atoms with Gasteiger partial charge in [0.15, 0.2) is 6.29 Å². The first-order valence-corrected chi connectivity index (χ1v) is 5.63. The fourth-order valence-electron chi connectivity index (χ4n) is 0.891. The van der Waals surface area contributed by atoms with E-state index in [0.29, 0.717) is 17.9 Å². The highest BCUT2D eigenvalue weighted by Crippen LogP contribution is 2.21. The maximum atomic E-state index is 10.6. The van der Waals surface area contributed by atoms with Gasteiger partial charge < -0.3 is 4.74 Å². The van der Waals surface area contributed by atoms with Crippen LogP contribution in [0, 0.1) is 0 Å². The molecule has 0 aliphatic heterocycles. The van der Waals surface area contributed by atoms with Crippen LogP contribution in [0.3, 0.4) is 0 Å². The Morgan fingerprint density at radius 3 is 2.85 bits per heavy atom. The van der Waals surface area contributed by atoms with Gasteiger partial charge in [-0.2, -0.15) is 0 Å². The molecule has 0 aliphatic rings. The molecule has 0 radical (unpaired) electrons. The summed E-state index contributed by atoms with van der Waals surface area (Å²) in [6, 6.07) is 5.35. The van der Waals surface area contributed by atoms with Gasteiger partial charge in [0, 0.05) is 9.80 Å². The van der Waals surface area contributed by atoms with Crippen molar-refractivity contribution in [2.75, 3.05) is 11.9 Å². The van der Waals surface area contributed by atoms with Gasteiger partial charge in [-0.15, -0.1) is 0 Å². The molecule has 1 aromatic rings. The van der Waals surface area contributed by atoms with E-state index < -0.39 is 0 Å². The fraction of sp³-hybridized carbons (Fsp3) is 0.222. The minimum Gasteiger partial charge on any atom is -0.492 e. The summed E-state index contributed by atoms with van der Waals surface area (Å²) < 4.78 is 6.21. The monoisotopic (exact) mass is 306 g/mol. The molecule has 1 aromatic carbocycles. The number of alkyl halides is 1. The van der Waals surface area contributed by atoms with Crippen molar-refractivity contribution in [3.8, 4) is 5.75 Å². The number of ether oxygens (including phenoxy) is 1. The Labute approximate surface area is 93.5 Å². The molecule has 0 fully saturated rings. The van der Waals surface area contributed by atoms with Crippen molar-refractivity contribution in [1.29, 1.82) is 0 Å². The third-order valence-electron chi connectivity index (χ3n) is 1.43. The van der Waals surface area contributed by atoms with E-state index in [1.165, 1.54) is 0 Å². The molecule has 0 saturated heterocycles. The SMILES string of the molecule is O=Cc1cc(Br)ccc1OCCBr. The highest BCUT2D eigenvalue weighted by Gasteiger charge is 2.02. The molecule has 0 unspecified atom stereocenters. The van der Waals surface area contributed by atoms with Gasteiger partial charge in [-0.3, -0.25) is 4.79 Å². The molecule has 1 rings (SSSR count). The second-order valence-corrected chi connectivity index (χ2v) is 4.05. The number of hydrogen-bond donors (Lipinski definition) is 0. The number of carbonyl (C=O) groups excluding carboxylic acids is 1. The van der Waals surface area contributed by atoms with E-state index in [9.17, 15) is 4.79 Å². The number of halogens is 2. The van der Waals surface area contributed by atoms with Crippen molar-refractivity contribution in [3.05, 3.63) is 28.2 Å². The van der Waals surface area contributed by atoms with E-state index >= 15 is 0 Å². The van der Waals surface area contributed by atoms with Crippen LogP contribution in [0.25, 0.3) is 0 Å². The van der Waals surface area contributed by atoms with Gasteiger partial charge in [0.05, 0.1) is 12.2 Å². The summed E-state index contributed by atoms with van der Waals surface area (Å²) in [6.07, 6.45) is 0.786. The van der Waals surface area contributed by atoms with E-state index in [0.717, 1.165) is 16.1 Å². The predicted molar refractivity (Wildman–Crippen MR) is 58.8 cm³/mol. The summed E-state index contributed by atoms with van der Waals surface area (Å²) >= 11 is 6.53. The molecule has 0 atom stereocenters. The molecule has 0 heterocycles. The molecule has 0 saturated carbocycles. The Hall–Kier alpha value is -0.350. The van der Waals surface area contributed by atoms with Crippen LogP contribution < -0.4 is 4.74 Å². The largest absolute Gasteiger partial charge is 0.492 e. The van der Waals surface area contributed by atoms with E-state index in [2.05, 4.69) is 31.9 Å². The van der Waals surface area contributed by atoms with Gasteiger partial charge in [-0.25, -0.2) is 0 Å². The third-order valence-corrected chi connectivity index (χ3v) is 2.25. The summed E-state index contributed by atoms with van der Waals surface area (Å²) in [7, 11) is 0. The molecule has 0 aliphatic carbocycles. The normalized spacial score (nSPS) is 9.69. The summed E-state index contributed by atoms with van der Waals surface area (Å²) in [5, 5.41) is 0.751. The van der Waals surface area contributed by atoms with Gasteiger partial charge in [-0.05, 0) is 18.2 Å². The maximum Gasteiger partial charge on any atom is 0.153 e. The summed E-state index contributed by atoms with van der Waals surface area (Å²) in [5.74, 6) is 0.623. The number of hydrogen-bond acceptors (Lipinski definition) is 2. The van der Waals surface area contributed by atoms with E-state index in [4.69, 9.17) is 4.74 Å². The minimum absolute atomic E-state index is 0.558. The lowest BCUT2D eigenvalue weighted by atomic mass is 10.2. The number of aldehydes is 1. The highest BCUT2D eigenvalue weighted by molar-refractivity contribution is 9.10. The average Bonchev–Trinajstić information content (AvgIpc) is 2.16. The van der Waals surface area contributed by atoms with Crippen LogP contribution in [0.15, 0.2) is 22.7 Å². The number of carbonyl (C=O) groups is 1. The van der Waals surface area contributed by atoms with Crippen LogP contribution >= 0.6 is 31.9 Å². The maximum absolute atomic E-state index is 10.6. The first kappa shape index (κ1) is 10.7. The first-order chi connectivity index (χ1) is 6.27. The summed E-state index contributed by atoms with van der Waals surface area (Å²) in [5.41, 5.74) is 0.565. The second-order valence-electron chi connectivity index (χ2n) is 2.34. The van der Waals surface area contributed by atoms with Crippen LogP contribution in [0.2, 0.25) is 0 Å². The van der Waals surface area contributed by atoms with Crippen LogP contribution in [0.1, 0.15) is 10.4 Å². The zero-order valence-electron chi connectivity index (χ0n) is 6.80. The summed E-state index contributed by atoms with van der Waals surface area (Å²) in [4.78, 5) is 10.6. The Bertz CT molecular complexity index is 300. The topological polar surface area (TPSA) is 26.3 Å². The number of rotatable bonds is 4. The Morgan fingerprint density at radius 2 is 2.23 bits per heavy atom. The van der Waals surface area contributed by atoms with Crippen molar-refractivity contribution in [2.45, 2.75) is 0 Å². The quantitative estimate of drug-likeness (QED) is 0.631. The lowest BCUT2D eigenvalue weighted by Crippen LogP contribution is -2.00. The van der Waals surface area contributed by atoms with Gasteiger partial charge in [-0.1, -0.05) is 31.9 Å². The zero-order valence-corrected chi connectivity index (χ0v) is 9.97. The molecule has 4 heteroatoms. The van der Waals surface area contributed by atoms with Gasteiger partial charge in [0.2, 0.25) is 0 Å². The second kappa shape index (κ2) is 5.40. The molecule has 2 nitrogen and oxygen atoms in total. The Kier molecular flexibility index (Phi) is 4.45. The molecule has 0 bridgehead atoms. The van der Waals surface area contributed by atoms with Crippen LogP contribution in [0.5, 0.6) is 5.75 Å². The molecular weight excluding hydrogens is 300 g/mol. The lowest BCUT2D eigenvalue weighted by molar-refractivity contribution is 0.112. The van der Waals surface area contributed by atoms with Crippen molar-refractivity contribution < 1.29 is 9.53 Å². The standard InChI is InChI=1S/C9H8Br2O2/c10-3-4-13-9-2-1-8(11)5-7(9)6-12/h1-2,5-6H,3-4H2. The zero-order chi connectivity index (χ0) is 9.68. The lowest BCUT2D eigenvalue weighted by Gasteiger charge is -2.06. The summed E-state index contributed by atoms with van der Waals surface area (Å²) in [6.45, 7) is 0.558. The predicted octanol–water partition coefficient (Wildman–Crippen LogP) is 3.04. The molecule has 70 valence electrons. The van der Waals surface area contributed by atoms with Crippen molar-refractivity contribution in [1.82, 2.24) is 0 Å². The molecule has 0 spiro atoms. The molecule has 0 N–H and O–H groups in total. The third kappa shape index (κ3) is 3.12. The Balaban J connectivity index is 2.86. The van der Waals surface area contributed by atoms with Crippen molar-refractivity contribution >= 4 is 38.1 Å². The van der Waals surface area contributed by atoms with Crippen LogP contribution in [0.4, 0.5) is 0 Å². The van der Waals surface area contributed by atoms with Gasteiger partial charge >= 0.3 is 0 Å². The van der Waals surface area contributed by atoms with E-state index in [-0.39, 0.29) is 0 Å². The smallest absolute Gasteiger partial charge is 0.153 e. The van der Waals surface area contributed by atoms with Crippen molar-refractivity contribution in [3.63, 3.8) is 0 Å². The van der Waals surface area contributed by atoms with Gasteiger partial charge in [0.1, 0.15) is 5.75 Å². The first-order valence-electron chi connectivity index (χ1n) is 3.71. The van der Waals surface area contributed by atoms with E-state index in [1.807, 2.05) is 6.07 Å². The van der Waals surface area contributed by atoms with Crippen LogP contribution in [-0.2, 0) is 0 Å². The molecule has 13 heavy (non-hydrogen) atoms. The van der Waals surface area contributed by atoms with E-state index in [1.54, 1.807) is 12.1 Å². The minimum atomic E-state index is 0.558. The average molecular weight is 308 g/mol. The fourth-order valence-corrected chi connectivity index (χ4v) is 1.43. The number of benzene rings is 1. The highest BCUT2D eigenvalue weighted by atomic mass is 79.9. The Morgan fingerprint density at radius 1 is 1.46 bits per heavy atom.